The Kier molecular flexibility index (Phi) is 9.30. The third-order valence-electron chi connectivity index (χ3n) is 5.03. The summed E-state index contributed by atoms with van der Waals surface area (Å²) in [5.41, 5.74) is 0.985. The highest BCUT2D eigenvalue weighted by molar-refractivity contribution is 8.15. The molecule has 0 saturated carbocycles. The number of amides is 3. The van der Waals surface area contributed by atoms with E-state index >= 15 is 4.39 Å². The monoisotopic (exact) mass is 568 g/mol. The molecule has 0 aromatic heterocycles. The molecule has 39 heavy (non-hydrogen) atoms. The highest BCUT2D eigenvalue weighted by atomic mass is 32.2. The molecule has 2 fully saturated rings. The van der Waals surface area contributed by atoms with Crippen molar-refractivity contribution in [2.45, 2.75) is 70.5 Å². The summed E-state index contributed by atoms with van der Waals surface area (Å²) in [4.78, 5) is 49.7. The molecule has 14 heteroatoms. The number of ether oxygens (including phenoxy) is 4. The summed E-state index contributed by atoms with van der Waals surface area (Å²) < 4.78 is 36.0. The fraction of sp³-hybridized carbons (Fsp3) is 0.560. The first-order valence-electron chi connectivity index (χ1n) is 12.3. The number of benzene rings is 1. The van der Waals surface area contributed by atoms with Crippen LogP contribution in [0.15, 0.2) is 23.3 Å². The first kappa shape index (κ1) is 30.0. The Morgan fingerprint density at radius 1 is 1.13 bits per heavy atom. The molecule has 2 aliphatic heterocycles. The Morgan fingerprint density at radius 2 is 1.79 bits per heavy atom. The minimum Gasteiger partial charge on any atom is -0.465 e. The van der Waals surface area contributed by atoms with E-state index in [4.69, 9.17) is 18.9 Å². The van der Waals surface area contributed by atoms with Crippen LogP contribution in [0.5, 0.6) is 0 Å². The molecule has 0 bridgehead atoms. The molecule has 1 unspecified atom stereocenters. The van der Waals surface area contributed by atoms with E-state index in [9.17, 15) is 19.2 Å². The molecule has 1 aromatic rings. The topological polar surface area (TPSA) is 145 Å². The SMILES string of the molecule is CC(C)(C)OC(=O)NC[C@H]1CN(c2ccc(/C(=N/NC(=O)OC(C)(C)C)SC3CCOC3=O)c(F)c2)C(=O)O1. The van der Waals surface area contributed by atoms with Gasteiger partial charge in [-0.15, -0.1) is 0 Å². The molecule has 0 aliphatic carbocycles. The van der Waals surface area contributed by atoms with Crippen LogP contribution in [0.25, 0.3) is 0 Å². The maximum Gasteiger partial charge on any atom is 0.428 e. The summed E-state index contributed by atoms with van der Waals surface area (Å²) in [6.07, 6.45) is -2.48. The third kappa shape index (κ3) is 9.01. The molecule has 3 amide bonds. The average Bonchev–Trinajstić information content (AvgIpc) is 3.37. The lowest BCUT2D eigenvalue weighted by Crippen LogP contribution is -2.38. The van der Waals surface area contributed by atoms with Crippen molar-refractivity contribution >= 4 is 46.7 Å². The van der Waals surface area contributed by atoms with E-state index in [0.717, 1.165) is 17.8 Å². The first-order chi connectivity index (χ1) is 18.1. The Labute approximate surface area is 229 Å². The molecule has 2 atom stereocenters. The van der Waals surface area contributed by atoms with Gasteiger partial charge in [-0.3, -0.25) is 9.69 Å². The lowest BCUT2D eigenvalue weighted by Gasteiger charge is -2.20. The van der Waals surface area contributed by atoms with Crippen molar-refractivity contribution in [1.82, 2.24) is 10.7 Å². The maximum atomic E-state index is 15.3. The third-order valence-corrected chi connectivity index (χ3v) is 6.28. The van der Waals surface area contributed by atoms with E-state index in [-0.39, 0.29) is 36.0 Å². The molecule has 214 valence electrons. The Hall–Kier alpha value is -3.55. The summed E-state index contributed by atoms with van der Waals surface area (Å²) >= 11 is 0.948. The predicted octanol–water partition coefficient (Wildman–Crippen LogP) is 3.91. The van der Waals surface area contributed by atoms with Crippen molar-refractivity contribution in [2.75, 3.05) is 24.6 Å². The Morgan fingerprint density at radius 3 is 2.38 bits per heavy atom. The van der Waals surface area contributed by atoms with Gasteiger partial charge in [0.1, 0.15) is 33.4 Å². The van der Waals surface area contributed by atoms with Crippen molar-refractivity contribution in [3.05, 3.63) is 29.6 Å². The minimum atomic E-state index is -0.850. The number of hydrogen-bond acceptors (Lipinski definition) is 10. The quantitative estimate of drug-likeness (QED) is 0.172. The normalized spacial score (nSPS) is 19.9. The van der Waals surface area contributed by atoms with Gasteiger partial charge < -0.3 is 24.3 Å². The van der Waals surface area contributed by atoms with Gasteiger partial charge in [-0.25, -0.2) is 24.2 Å². The second-order valence-electron chi connectivity index (χ2n) is 10.8. The minimum absolute atomic E-state index is 0.00443. The van der Waals surface area contributed by atoms with E-state index in [1.807, 2.05) is 0 Å². The van der Waals surface area contributed by atoms with Crippen LogP contribution in [0, 0.1) is 5.82 Å². The van der Waals surface area contributed by atoms with Crippen LogP contribution in [0.3, 0.4) is 0 Å². The Balaban J connectivity index is 1.73. The van der Waals surface area contributed by atoms with Gasteiger partial charge in [0.25, 0.3) is 0 Å². The van der Waals surface area contributed by atoms with Crippen LogP contribution in [-0.4, -0.2) is 71.5 Å². The molecule has 0 spiro atoms. The number of alkyl carbamates (subject to hydrolysis) is 1. The number of hydrazone groups is 1. The summed E-state index contributed by atoms with van der Waals surface area (Å²) in [6, 6.07) is 3.99. The number of nitrogens with one attached hydrogen (secondary N) is 2. The molecule has 0 radical (unpaired) electrons. The number of carbonyl (C=O) groups is 4. The predicted molar refractivity (Wildman–Crippen MR) is 141 cm³/mol. The summed E-state index contributed by atoms with van der Waals surface area (Å²) in [6.45, 7) is 10.5. The van der Waals surface area contributed by atoms with Crippen molar-refractivity contribution in [3.63, 3.8) is 0 Å². The first-order valence-corrected chi connectivity index (χ1v) is 13.1. The van der Waals surface area contributed by atoms with Crippen molar-refractivity contribution < 1.29 is 42.5 Å². The van der Waals surface area contributed by atoms with E-state index in [0.29, 0.717) is 6.42 Å². The molecular formula is C25H33FN4O8S. The smallest absolute Gasteiger partial charge is 0.428 e. The molecule has 1 aromatic carbocycles. The zero-order chi connectivity index (χ0) is 29.0. The molecule has 3 rings (SSSR count). The van der Waals surface area contributed by atoms with E-state index < -0.39 is 52.6 Å². The lowest BCUT2D eigenvalue weighted by molar-refractivity contribution is -0.137. The molecular weight excluding hydrogens is 535 g/mol. The summed E-state index contributed by atoms with van der Waals surface area (Å²) in [5, 5.41) is 5.95. The van der Waals surface area contributed by atoms with Crippen molar-refractivity contribution in [2.24, 2.45) is 5.10 Å². The number of hydrogen-bond donors (Lipinski definition) is 2. The fourth-order valence-electron chi connectivity index (χ4n) is 3.46. The molecule has 2 saturated heterocycles. The van der Waals surface area contributed by atoms with Crippen LogP contribution >= 0.6 is 11.8 Å². The van der Waals surface area contributed by atoms with E-state index in [1.165, 1.54) is 17.0 Å². The van der Waals surface area contributed by atoms with Crippen molar-refractivity contribution in [1.29, 1.82) is 0 Å². The lowest BCUT2D eigenvalue weighted by atomic mass is 10.2. The number of nitrogens with zero attached hydrogens (tertiary/aromatic N) is 2. The highest BCUT2D eigenvalue weighted by Gasteiger charge is 2.34. The standard InChI is InChI=1S/C25H33FN4O8S/c1-24(2,3)37-21(32)27-12-15-13-30(23(34)36-15)14-7-8-16(17(26)11-14)19(39-18-9-10-35-20(18)31)28-29-22(33)38-25(4,5)6/h7-8,11,15,18H,9-10,12-13H2,1-6H3,(H,27,32)(H,29,33)/b28-19-/t15-,18?/m0/s1. The van der Waals surface area contributed by atoms with Crippen LogP contribution in [0.2, 0.25) is 0 Å². The second kappa shape index (κ2) is 12.1. The summed E-state index contributed by atoms with van der Waals surface area (Å²) in [5.74, 6) is -1.22. The van der Waals surface area contributed by atoms with Gasteiger partial charge in [0.15, 0.2) is 0 Å². The zero-order valence-electron chi connectivity index (χ0n) is 22.7. The molecule has 2 aliphatic rings. The van der Waals surface area contributed by atoms with Crippen molar-refractivity contribution in [3.8, 4) is 0 Å². The molecule has 2 N–H and O–H groups in total. The number of rotatable bonds is 6. The van der Waals surface area contributed by atoms with Gasteiger partial charge in [0, 0.05) is 12.0 Å². The highest BCUT2D eigenvalue weighted by Crippen LogP contribution is 2.30. The van der Waals surface area contributed by atoms with Gasteiger partial charge in [0.05, 0.1) is 25.4 Å². The van der Waals surface area contributed by atoms with Gasteiger partial charge in [-0.2, -0.15) is 5.10 Å². The number of cyclic esters (lactones) is 2. The number of thioether (sulfide) groups is 1. The number of carbonyl (C=O) groups excluding carboxylic acids is 4. The van der Waals surface area contributed by atoms with Gasteiger partial charge in [-0.05, 0) is 59.7 Å². The largest absolute Gasteiger partial charge is 0.465 e. The van der Waals surface area contributed by atoms with E-state index in [1.54, 1.807) is 41.5 Å². The summed E-state index contributed by atoms with van der Waals surface area (Å²) in [7, 11) is 0. The van der Waals surface area contributed by atoms with Gasteiger partial charge in [0.2, 0.25) is 0 Å². The number of anilines is 1. The van der Waals surface area contributed by atoms with Crippen LogP contribution in [-0.2, 0) is 23.7 Å². The molecule has 12 nitrogen and oxygen atoms in total. The second-order valence-corrected chi connectivity index (χ2v) is 11.9. The fourth-order valence-corrected chi connectivity index (χ4v) is 4.50. The van der Waals surface area contributed by atoms with E-state index in [2.05, 4.69) is 15.8 Å². The molecule has 2 heterocycles. The zero-order valence-corrected chi connectivity index (χ0v) is 23.5. The van der Waals surface area contributed by atoms with Crippen LogP contribution in [0.1, 0.15) is 53.5 Å². The average molecular weight is 569 g/mol. The van der Waals surface area contributed by atoms with Gasteiger partial charge in [-0.1, -0.05) is 11.8 Å². The Bertz CT molecular complexity index is 1150. The van der Waals surface area contributed by atoms with Crippen LogP contribution < -0.4 is 15.6 Å². The number of halogens is 1. The van der Waals surface area contributed by atoms with Crippen LogP contribution in [0.4, 0.5) is 24.5 Å². The maximum absolute atomic E-state index is 15.3. The number of esters is 1. The van der Waals surface area contributed by atoms with Gasteiger partial charge >= 0.3 is 24.2 Å².